The van der Waals surface area contributed by atoms with E-state index in [4.69, 9.17) is 11.6 Å². The van der Waals surface area contributed by atoms with Crippen molar-refractivity contribution in [3.63, 3.8) is 0 Å². The maximum Gasteiger partial charge on any atom is 0.416 e. The van der Waals surface area contributed by atoms with Crippen molar-refractivity contribution < 1.29 is 13.2 Å². The van der Waals surface area contributed by atoms with E-state index in [2.05, 4.69) is 17.2 Å². The van der Waals surface area contributed by atoms with Gasteiger partial charge in [0, 0.05) is 6.54 Å². The molecule has 0 aromatic carbocycles. The zero-order valence-electron chi connectivity index (χ0n) is 11.3. The Balaban J connectivity index is 2.00. The van der Waals surface area contributed by atoms with Gasteiger partial charge in [-0.25, -0.2) is 4.98 Å². The van der Waals surface area contributed by atoms with Crippen LogP contribution in [0.25, 0.3) is 0 Å². The van der Waals surface area contributed by atoms with Crippen LogP contribution in [0.4, 0.5) is 19.0 Å². The number of rotatable bonds is 3. The minimum absolute atomic E-state index is 0.140. The fourth-order valence-corrected chi connectivity index (χ4v) is 2.95. The molecule has 1 heterocycles. The average molecular weight is 307 g/mol. The lowest BCUT2D eigenvalue weighted by Gasteiger charge is -2.27. The van der Waals surface area contributed by atoms with Gasteiger partial charge in [0.15, 0.2) is 0 Å². The van der Waals surface area contributed by atoms with E-state index in [0.29, 0.717) is 18.4 Å². The monoisotopic (exact) mass is 306 g/mol. The molecule has 0 radical (unpaired) electrons. The molecule has 2 unspecified atom stereocenters. The van der Waals surface area contributed by atoms with Crippen molar-refractivity contribution in [3.05, 3.63) is 22.8 Å². The number of pyridine rings is 1. The van der Waals surface area contributed by atoms with Gasteiger partial charge in [-0.05, 0) is 36.8 Å². The van der Waals surface area contributed by atoms with Crippen molar-refractivity contribution in [2.45, 2.75) is 38.8 Å². The highest BCUT2D eigenvalue weighted by atomic mass is 35.5. The third kappa shape index (κ3) is 4.27. The van der Waals surface area contributed by atoms with E-state index in [0.717, 1.165) is 25.0 Å². The van der Waals surface area contributed by atoms with E-state index in [1.807, 2.05) is 0 Å². The van der Waals surface area contributed by atoms with Crippen LogP contribution in [-0.4, -0.2) is 11.5 Å². The molecule has 2 nitrogen and oxygen atoms in total. The Morgan fingerprint density at radius 3 is 2.75 bits per heavy atom. The van der Waals surface area contributed by atoms with Crippen molar-refractivity contribution in [2.75, 3.05) is 11.9 Å². The summed E-state index contributed by atoms with van der Waals surface area (Å²) in [5.74, 6) is 1.38. The minimum Gasteiger partial charge on any atom is -0.370 e. The predicted octanol–water partition coefficient (Wildman–Crippen LogP) is 4.99. The number of aromatic nitrogens is 1. The van der Waals surface area contributed by atoms with Crippen molar-refractivity contribution in [1.82, 2.24) is 4.98 Å². The first-order valence-corrected chi connectivity index (χ1v) is 7.21. The van der Waals surface area contributed by atoms with E-state index < -0.39 is 11.7 Å². The molecule has 2 rings (SSSR count). The fraction of sp³-hybridized carbons (Fsp3) is 0.643. The second-order valence-electron chi connectivity index (χ2n) is 5.58. The highest BCUT2D eigenvalue weighted by Crippen LogP contribution is 2.32. The van der Waals surface area contributed by atoms with Crippen molar-refractivity contribution in [1.29, 1.82) is 0 Å². The Morgan fingerprint density at radius 1 is 1.35 bits per heavy atom. The third-order valence-corrected chi connectivity index (χ3v) is 3.93. The molecule has 20 heavy (non-hydrogen) atoms. The SMILES string of the molecule is CC1CCCC(CNc2cc(C(F)(F)F)cc(Cl)n2)C1. The molecule has 112 valence electrons. The predicted molar refractivity (Wildman–Crippen MR) is 73.9 cm³/mol. The molecule has 0 saturated heterocycles. The molecule has 0 bridgehead atoms. The van der Waals surface area contributed by atoms with Gasteiger partial charge in [-0.2, -0.15) is 13.2 Å². The molecule has 1 saturated carbocycles. The van der Waals surface area contributed by atoms with Crippen LogP contribution >= 0.6 is 11.6 Å². The largest absolute Gasteiger partial charge is 0.416 e. The minimum atomic E-state index is -4.40. The summed E-state index contributed by atoms with van der Waals surface area (Å²) in [7, 11) is 0. The number of alkyl halides is 3. The highest BCUT2D eigenvalue weighted by molar-refractivity contribution is 6.29. The van der Waals surface area contributed by atoms with Gasteiger partial charge >= 0.3 is 6.18 Å². The number of hydrogen-bond donors (Lipinski definition) is 1. The van der Waals surface area contributed by atoms with Crippen LogP contribution in [0.15, 0.2) is 12.1 Å². The van der Waals surface area contributed by atoms with Crippen LogP contribution in [0.2, 0.25) is 5.15 Å². The molecule has 1 aromatic heterocycles. The van der Waals surface area contributed by atoms with Crippen LogP contribution < -0.4 is 5.32 Å². The summed E-state index contributed by atoms with van der Waals surface area (Å²) < 4.78 is 38.0. The Hall–Kier alpha value is -0.970. The molecule has 1 fully saturated rings. The number of anilines is 1. The van der Waals surface area contributed by atoms with Crippen LogP contribution in [0.3, 0.4) is 0 Å². The van der Waals surface area contributed by atoms with E-state index in [1.54, 1.807) is 0 Å². The molecule has 1 aromatic rings. The molecular formula is C14H18ClF3N2. The quantitative estimate of drug-likeness (QED) is 0.796. The fourth-order valence-electron chi connectivity index (χ4n) is 2.75. The molecule has 0 spiro atoms. The van der Waals surface area contributed by atoms with Gasteiger partial charge in [0.05, 0.1) is 5.56 Å². The normalized spacial score (nSPS) is 23.6. The van der Waals surface area contributed by atoms with Gasteiger partial charge in [0.1, 0.15) is 11.0 Å². The summed E-state index contributed by atoms with van der Waals surface area (Å²) in [5.41, 5.74) is -0.767. The number of halogens is 4. The smallest absolute Gasteiger partial charge is 0.370 e. The molecule has 1 aliphatic carbocycles. The third-order valence-electron chi connectivity index (χ3n) is 3.74. The number of nitrogens with zero attached hydrogens (tertiary/aromatic N) is 1. The van der Waals surface area contributed by atoms with Crippen LogP contribution in [0, 0.1) is 11.8 Å². The Bertz CT molecular complexity index is 462. The van der Waals surface area contributed by atoms with Crippen molar-refractivity contribution >= 4 is 17.4 Å². The van der Waals surface area contributed by atoms with Crippen molar-refractivity contribution in [3.8, 4) is 0 Å². The van der Waals surface area contributed by atoms with Crippen LogP contribution in [0.1, 0.15) is 38.2 Å². The molecule has 1 aliphatic rings. The number of nitrogens with one attached hydrogen (secondary N) is 1. The molecule has 6 heteroatoms. The zero-order chi connectivity index (χ0) is 14.8. The van der Waals surface area contributed by atoms with Gasteiger partial charge in [0.2, 0.25) is 0 Å². The lowest BCUT2D eigenvalue weighted by molar-refractivity contribution is -0.137. The van der Waals surface area contributed by atoms with E-state index >= 15 is 0 Å². The first-order valence-electron chi connectivity index (χ1n) is 6.83. The summed E-state index contributed by atoms with van der Waals surface area (Å²) in [6, 6.07) is 1.85. The molecule has 2 atom stereocenters. The highest BCUT2D eigenvalue weighted by Gasteiger charge is 2.31. The summed E-state index contributed by atoms with van der Waals surface area (Å²) >= 11 is 5.65. The summed E-state index contributed by atoms with van der Waals surface area (Å²) in [6.07, 6.45) is 0.251. The van der Waals surface area contributed by atoms with E-state index in [-0.39, 0.29) is 11.0 Å². The lowest BCUT2D eigenvalue weighted by atomic mass is 9.82. The topological polar surface area (TPSA) is 24.9 Å². The Labute approximate surface area is 121 Å². The van der Waals surface area contributed by atoms with E-state index in [1.165, 1.54) is 12.8 Å². The molecule has 1 N–H and O–H groups in total. The van der Waals surface area contributed by atoms with Gasteiger partial charge in [0.25, 0.3) is 0 Å². The molecule has 0 amide bonds. The van der Waals surface area contributed by atoms with Crippen LogP contribution in [0.5, 0.6) is 0 Å². The lowest BCUT2D eigenvalue weighted by Crippen LogP contribution is -2.21. The second kappa shape index (κ2) is 6.20. The molecule has 0 aliphatic heterocycles. The first-order chi connectivity index (χ1) is 9.34. The van der Waals surface area contributed by atoms with Gasteiger partial charge in [-0.15, -0.1) is 0 Å². The first kappa shape index (κ1) is 15.4. The zero-order valence-corrected chi connectivity index (χ0v) is 12.1. The Morgan fingerprint density at radius 2 is 2.10 bits per heavy atom. The number of hydrogen-bond acceptors (Lipinski definition) is 2. The second-order valence-corrected chi connectivity index (χ2v) is 5.97. The summed E-state index contributed by atoms with van der Waals surface area (Å²) in [5, 5.41) is 2.85. The Kier molecular flexibility index (Phi) is 4.78. The standard InChI is InChI=1S/C14H18ClF3N2/c1-9-3-2-4-10(5-9)8-19-13-7-11(14(16,17)18)6-12(15)20-13/h6-7,9-10H,2-5,8H2,1H3,(H,19,20). The van der Waals surface area contributed by atoms with E-state index in [9.17, 15) is 13.2 Å². The van der Waals surface area contributed by atoms with Gasteiger partial charge in [-0.1, -0.05) is 31.4 Å². The van der Waals surface area contributed by atoms with Gasteiger partial charge in [-0.3, -0.25) is 0 Å². The maximum absolute atomic E-state index is 12.7. The van der Waals surface area contributed by atoms with Gasteiger partial charge < -0.3 is 5.32 Å². The summed E-state index contributed by atoms with van der Waals surface area (Å²) in [6.45, 7) is 2.86. The molecular weight excluding hydrogens is 289 g/mol. The maximum atomic E-state index is 12.7. The van der Waals surface area contributed by atoms with Crippen LogP contribution in [-0.2, 0) is 6.18 Å². The van der Waals surface area contributed by atoms with Crippen molar-refractivity contribution in [2.24, 2.45) is 11.8 Å². The summed E-state index contributed by atoms with van der Waals surface area (Å²) in [4.78, 5) is 3.91. The average Bonchev–Trinajstić information content (AvgIpc) is 2.35.